The molecule has 0 aliphatic rings. The van der Waals surface area contributed by atoms with Crippen LogP contribution in [-0.2, 0) is 0 Å². The Bertz CT molecular complexity index is 239. The molecule has 1 rings (SSSR count). The minimum atomic E-state index is -1.83. The van der Waals surface area contributed by atoms with Gasteiger partial charge in [-0.25, -0.2) is 4.79 Å². The number of hydrogen-bond acceptors (Lipinski definition) is 2. The summed E-state index contributed by atoms with van der Waals surface area (Å²) in [5.41, 5.74) is 0.970. The van der Waals surface area contributed by atoms with Gasteiger partial charge in [0.15, 0.2) is 0 Å². The summed E-state index contributed by atoms with van der Waals surface area (Å²) in [5.74, 6) is 0. The molecule has 4 heteroatoms. The second-order valence-corrected chi connectivity index (χ2v) is 2.37. The molecule has 1 atom stereocenters. The fourth-order valence-electron chi connectivity index (χ4n) is 0.732. The van der Waals surface area contributed by atoms with Crippen LogP contribution in [-0.4, -0.2) is 21.5 Å². The van der Waals surface area contributed by atoms with E-state index in [0.717, 1.165) is 5.56 Å². The molecule has 0 fully saturated rings. The maximum absolute atomic E-state index is 9.02. The van der Waals surface area contributed by atoms with E-state index in [0.29, 0.717) is 0 Å². The summed E-state index contributed by atoms with van der Waals surface area (Å²) in [4.78, 5) is 8.56. The third kappa shape index (κ3) is 6.83. The number of aliphatic hydroxyl groups is 1. The monoisotopic (exact) mass is 184 g/mol. The van der Waals surface area contributed by atoms with Gasteiger partial charge in [0.1, 0.15) is 0 Å². The highest BCUT2D eigenvalue weighted by Gasteiger charge is 1.95. The molecule has 4 nitrogen and oxygen atoms in total. The van der Waals surface area contributed by atoms with Crippen molar-refractivity contribution in [3.05, 3.63) is 35.9 Å². The van der Waals surface area contributed by atoms with E-state index in [2.05, 4.69) is 0 Å². The van der Waals surface area contributed by atoms with Crippen molar-refractivity contribution in [1.29, 1.82) is 0 Å². The van der Waals surface area contributed by atoms with Crippen molar-refractivity contribution in [2.75, 3.05) is 0 Å². The zero-order valence-electron chi connectivity index (χ0n) is 7.21. The smallest absolute Gasteiger partial charge is 0.450 e. The summed E-state index contributed by atoms with van der Waals surface area (Å²) in [6.07, 6.45) is -2.17. The average Bonchev–Trinajstić information content (AvgIpc) is 2.05. The number of rotatable bonds is 1. The molecule has 1 unspecified atom stereocenters. The molecule has 1 aromatic rings. The Kier molecular flexibility index (Phi) is 5.30. The van der Waals surface area contributed by atoms with Gasteiger partial charge in [0, 0.05) is 0 Å². The molecule has 1 aromatic carbocycles. The number of benzene rings is 1. The minimum Gasteiger partial charge on any atom is -0.450 e. The summed E-state index contributed by atoms with van der Waals surface area (Å²) >= 11 is 0. The van der Waals surface area contributed by atoms with E-state index in [1.165, 1.54) is 0 Å². The van der Waals surface area contributed by atoms with Gasteiger partial charge < -0.3 is 15.3 Å². The quantitative estimate of drug-likeness (QED) is 0.623. The van der Waals surface area contributed by atoms with Crippen molar-refractivity contribution in [1.82, 2.24) is 0 Å². The van der Waals surface area contributed by atoms with E-state index in [1.807, 2.05) is 30.3 Å². The largest absolute Gasteiger partial charge is 0.503 e. The summed E-state index contributed by atoms with van der Waals surface area (Å²) < 4.78 is 0. The van der Waals surface area contributed by atoms with Gasteiger partial charge in [0.2, 0.25) is 0 Å². The SMILES string of the molecule is CC(O)c1ccccc1.O=C(O)O. The number of aliphatic hydroxyl groups excluding tert-OH is 1. The molecule has 3 N–H and O–H groups in total. The Morgan fingerprint density at radius 3 is 1.85 bits per heavy atom. The molecule has 0 aliphatic heterocycles. The molecule has 0 saturated heterocycles. The van der Waals surface area contributed by atoms with E-state index < -0.39 is 6.16 Å². The molecule has 0 radical (unpaired) electrons. The molecule has 13 heavy (non-hydrogen) atoms. The summed E-state index contributed by atoms with van der Waals surface area (Å²) in [6.45, 7) is 1.76. The first-order valence-corrected chi connectivity index (χ1v) is 3.69. The zero-order valence-corrected chi connectivity index (χ0v) is 7.21. The third-order valence-electron chi connectivity index (χ3n) is 1.28. The van der Waals surface area contributed by atoms with E-state index in [9.17, 15) is 0 Å². The second kappa shape index (κ2) is 6.02. The van der Waals surface area contributed by atoms with Crippen LogP contribution in [0.25, 0.3) is 0 Å². The Morgan fingerprint density at radius 2 is 1.62 bits per heavy atom. The maximum Gasteiger partial charge on any atom is 0.503 e. The van der Waals surface area contributed by atoms with Crippen molar-refractivity contribution in [3.63, 3.8) is 0 Å². The molecule has 0 heterocycles. The van der Waals surface area contributed by atoms with Crippen molar-refractivity contribution in [2.24, 2.45) is 0 Å². The van der Waals surface area contributed by atoms with Gasteiger partial charge in [-0.3, -0.25) is 0 Å². The van der Waals surface area contributed by atoms with Gasteiger partial charge >= 0.3 is 6.16 Å². The summed E-state index contributed by atoms with van der Waals surface area (Å²) in [7, 11) is 0. The van der Waals surface area contributed by atoms with Crippen LogP contribution in [0, 0.1) is 0 Å². The zero-order chi connectivity index (χ0) is 10.3. The van der Waals surface area contributed by atoms with Gasteiger partial charge in [0.05, 0.1) is 6.10 Å². The summed E-state index contributed by atoms with van der Waals surface area (Å²) in [6, 6.07) is 9.59. The predicted molar refractivity (Wildman–Crippen MR) is 47.7 cm³/mol. The van der Waals surface area contributed by atoms with E-state index in [1.54, 1.807) is 6.92 Å². The number of carbonyl (C=O) groups is 1. The molecular formula is C9H12O4. The van der Waals surface area contributed by atoms with Gasteiger partial charge in [-0.15, -0.1) is 0 Å². The van der Waals surface area contributed by atoms with Crippen LogP contribution in [0.5, 0.6) is 0 Å². The topological polar surface area (TPSA) is 77.8 Å². The summed E-state index contributed by atoms with van der Waals surface area (Å²) in [5, 5.41) is 23.0. The lowest BCUT2D eigenvalue weighted by molar-refractivity contribution is 0.137. The second-order valence-electron chi connectivity index (χ2n) is 2.37. The van der Waals surface area contributed by atoms with Crippen LogP contribution in [0.3, 0.4) is 0 Å². The van der Waals surface area contributed by atoms with Crippen LogP contribution in [0.1, 0.15) is 18.6 Å². The minimum absolute atomic E-state index is 0.341. The highest BCUT2D eigenvalue weighted by molar-refractivity contribution is 5.53. The first-order chi connectivity index (χ1) is 6.04. The van der Waals surface area contributed by atoms with Crippen LogP contribution < -0.4 is 0 Å². The van der Waals surface area contributed by atoms with Gasteiger partial charge in [-0.2, -0.15) is 0 Å². The number of carboxylic acid groups (broad SMARTS) is 2. The first kappa shape index (κ1) is 11.4. The Balaban J connectivity index is 0.000000310. The molecule has 0 amide bonds. The van der Waals surface area contributed by atoms with Crippen LogP contribution in [0.4, 0.5) is 4.79 Å². The lowest BCUT2D eigenvalue weighted by Crippen LogP contribution is -1.87. The molecular weight excluding hydrogens is 172 g/mol. The van der Waals surface area contributed by atoms with E-state index in [-0.39, 0.29) is 6.10 Å². The van der Waals surface area contributed by atoms with E-state index >= 15 is 0 Å². The van der Waals surface area contributed by atoms with Crippen LogP contribution >= 0.6 is 0 Å². The van der Waals surface area contributed by atoms with Crippen LogP contribution in [0.15, 0.2) is 30.3 Å². The Morgan fingerprint density at radius 1 is 1.23 bits per heavy atom. The Labute approximate surface area is 76.1 Å². The average molecular weight is 184 g/mol. The lowest BCUT2D eigenvalue weighted by Gasteiger charge is -2.00. The molecule has 0 aliphatic carbocycles. The fraction of sp³-hybridized carbons (Fsp3) is 0.222. The highest BCUT2D eigenvalue weighted by atomic mass is 16.6. The normalized spacial score (nSPS) is 10.9. The molecule has 0 saturated carbocycles. The standard InChI is InChI=1S/C8H10O.CH2O3/c1-7(9)8-5-3-2-4-6-8;2-1(3)4/h2-7,9H,1H3;(H2,2,3,4). The maximum atomic E-state index is 9.02. The van der Waals surface area contributed by atoms with Crippen molar-refractivity contribution < 1.29 is 20.1 Å². The van der Waals surface area contributed by atoms with Gasteiger partial charge in [-0.05, 0) is 12.5 Å². The third-order valence-corrected chi connectivity index (χ3v) is 1.28. The molecule has 0 aromatic heterocycles. The molecule has 0 bridgehead atoms. The Hall–Kier alpha value is -1.55. The molecule has 72 valence electrons. The molecule has 0 spiro atoms. The fourth-order valence-corrected chi connectivity index (χ4v) is 0.732. The lowest BCUT2D eigenvalue weighted by atomic mass is 10.1. The highest BCUT2D eigenvalue weighted by Crippen LogP contribution is 2.08. The van der Waals surface area contributed by atoms with Crippen molar-refractivity contribution in [3.8, 4) is 0 Å². The van der Waals surface area contributed by atoms with E-state index in [4.69, 9.17) is 20.1 Å². The van der Waals surface area contributed by atoms with Gasteiger partial charge in [0.25, 0.3) is 0 Å². The van der Waals surface area contributed by atoms with Crippen molar-refractivity contribution in [2.45, 2.75) is 13.0 Å². The number of hydrogen-bond donors (Lipinski definition) is 3. The van der Waals surface area contributed by atoms with Crippen LogP contribution in [0.2, 0.25) is 0 Å². The van der Waals surface area contributed by atoms with Crippen molar-refractivity contribution >= 4 is 6.16 Å². The predicted octanol–water partition coefficient (Wildman–Crippen LogP) is 1.96. The van der Waals surface area contributed by atoms with Gasteiger partial charge in [-0.1, -0.05) is 30.3 Å². The first-order valence-electron chi connectivity index (χ1n) is 3.69.